The zero-order valence-electron chi connectivity index (χ0n) is 9.92. The lowest BCUT2D eigenvalue weighted by atomic mass is 10.2. The highest BCUT2D eigenvalue weighted by Gasteiger charge is 2.20. The number of carboxylic acid groups (broad SMARTS) is 1. The molecule has 0 saturated carbocycles. The molecule has 0 saturated heterocycles. The molecule has 2 rings (SSSR count). The summed E-state index contributed by atoms with van der Waals surface area (Å²) < 4.78 is 27.9. The number of aromatic nitrogens is 1. The molecule has 104 valence electrons. The molecule has 0 aliphatic heterocycles. The van der Waals surface area contributed by atoms with Gasteiger partial charge in [0, 0.05) is 11.6 Å². The van der Waals surface area contributed by atoms with Crippen molar-refractivity contribution >= 4 is 11.7 Å². The third kappa shape index (κ3) is 2.48. The normalized spacial score (nSPS) is 10.5. The molecule has 20 heavy (non-hydrogen) atoms. The summed E-state index contributed by atoms with van der Waals surface area (Å²) in [6, 6.07) is 4.05. The summed E-state index contributed by atoms with van der Waals surface area (Å²) in [6.45, 7) is -0.450. The lowest BCUT2D eigenvalue weighted by Gasteiger charge is -2.07. The zero-order chi connectivity index (χ0) is 14.9. The molecule has 0 aliphatic carbocycles. The Bertz CT molecular complexity index is 677. The van der Waals surface area contributed by atoms with E-state index < -0.39 is 40.5 Å². The standard InChI is InChI=1S/C12H8F2N2O4/c13-9-2-1-3-10(14)8(9)6-15-5-7(16(19)20)4-11(15)12(17)18/h1-5H,6H2,(H,17,18). The molecule has 0 fully saturated rings. The highest BCUT2D eigenvalue weighted by molar-refractivity contribution is 5.87. The zero-order valence-corrected chi connectivity index (χ0v) is 9.92. The van der Waals surface area contributed by atoms with Crippen molar-refractivity contribution in [1.29, 1.82) is 0 Å². The minimum atomic E-state index is -1.42. The molecule has 0 unspecified atom stereocenters. The first-order valence-corrected chi connectivity index (χ1v) is 5.41. The number of halogens is 2. The molecule has 1 aromatic heterocycles. The van der Waals surface area contributed by atoms with Crippen LogP contribution in [0.4, 0.5) is 14.5 Å². The van der Waals surface area contributed by atoms with Crippen LogP contribution >= 0.6 is 0 Å². The third-order valence-corrected chi connectivity index (χ3v) is 2.70. The van der Waals surface area contributed by atoms with Gasteiger partial charge in [-0.1, -0.05) is 6.07 Å². The Balaban J connectivity index is 2.47. The highest BCUT2D eigenvalue weighted by atomic mass is 19.1. The van der Waals surface area contributed by atoms with Crippen molar-refractivity contribution in [3.8, 4) is 0 Å². The van der Waals surface area contributed by atoms with Gasteiger partial charge in [0.2, 0.25) is 0 Å². The topological polar surface area (TPSA) is 85.4 Å². The number of aromatic carboxylic acids is 1. The molecule has 0 aliphatic rings. The predicted octanol–water partition coefficient (Wildman–Crippen LogP) is 2.42. The van der Waals surface area contributed by atoms with Crippen LogP contribution in [-0.2, 0) is 6.54 Å². The number of carboxylic acids is 1. The molecule has 6 nitrogen and oxygen atoms in total. The van der Waals surface area contributed by atoms with Crippen LogP contribution in [0.2, 0.25) is 0 Å². The molecule has 0 bridgehead atoms. The number of hydrogen-bond donors (Lipinski definition) is 1. The first-order chi connectivity index (χ1) is 9.40. The second-order valence-corrected chi connectivity index (χ2v) is 3.97. The summed E-state index contributed by atoms with van der Waals surface area (Å²) in [5.41, 5.74) is -1.24. The minimum absolute atomic E-state index is 0.361. The number of nitro groups is 1. The van der Waals surface area contributed by atoms with Crippen molar-refractivity contribution in [2.75, 3.05) is 0 Å². The number of nitrogens with zero attached hydrogens (tertiary/aromatic N) is 2. The highest BCUT2D eigenvalue weighted by Crippen LogP contribution is 2.20. The lowest BCUT2D eigenvalue weighted by molar-refractivity contribution is -0.384. The quantitative estimate of drug-likeness (QED) is 0.689. The molecular formula is C12H8F2N2O4. The molecule has 1 N–H and O–H groups in total. The molecular weight excluding hydrogens is 274 g/mol. The Morgan fingerprint density at radius 1 is 1.35 bits per heavy atom. The molecule has 0 atom stereocenters. The maximum absolute atomic E-state index is 13.5. The maximum atomic E-state index is 13.5. The van der Waals surface area contributed by atoms with Crippen LogP contribution in [0.15, 0.2) is 30.5 Å². The van der Waals surface area contributed by atoms with E-state index in [9.17, 15) is 23.7 Å². The molecule has 1 aromatic carbocycles. The Labute approximate surface area is 111 Å². The van der Waals surface area contributed by atoms with Gasteiger partial charge in [-0.2, -0.15) is 0 Å². The van der Waals surface area contributed by atoms with Gasteiger partial charge >= 0.3 is 5.97 Å². The van der Waals surface area contributed by atoms with E-state index in [0.29, 0.717) is 0 Å². The van der Waals surface area contributed by atoms with Gasteiger partial charge in [-0.3, -0.25) is 10.1 Å². The van der Waals surface area contributed by atoms with E-state index in [-0.39, 0.29) is 5.56 Å². The van der Waals surface area contributed by atoms with Gasteiger partial charge in [0.05, 0.1) is 17.7 Å². The first-order valence-electron chi connectivity index (χ1n) is 5.41. The summed E-state index contributed by atoms with van der Waals surface area (Å²) in [7, 11) is 0. The molecule has 0 spiro atoms. The monoisotopic (exact) mass is 282 g/mol. The maximum Gasteiger partial charge on any atom is 0.352 e. The second kappa shape index (κ2) is 5.08. The van der Waals surface area contributed by atoms with E-state index >= 15 is 0 Å². The molecule has 0 radical (unpaired) electrons. The number of rotatable bonds is 4. The molecule has 2 aromatic rings. The third-order valence-electron chi connectivity index (χ3n) is 2.70. The van der Waals surface area contributed by atoms with E-state index in [4.69, 9.17) is 5.11 Å². The Kier molecular flexibility index (Phi) is 3.47. The van der Waals surface area contributed by atoms with Crippen molar-refractivity contribution in [3.05, 3.63) is 63.5 Å². The molecule has 0 amide bonds. The van der Waals surface area contributed by atoms with Crippen molar-refractivity contribution in [2.24, 2.45) is 0 Å². The lowest BCUT2D eigenvalue weighted by Crippen LogP contribution is -2.10. The summed E-state index contributed by atoms with van der Waals surface area (Å²) in [5, 5.41) is 19.6. The van der Waals surface area contributed by atoms with Gasteiger partial charge in [0.25, 0.3) is 5.69 Å². The van der Waals surface area contributed by atoms with E-state index in [1.165, 1.54) is 6.07 Å². The minimum Gasteiger partial charge on any atom is -0.477 e. The fraction of sp³-hybridized carbons (Fsp3) is 0.0833. The first kappa shape index (κ1) is 13.7. The van der Waals surface area contributed by atoms with Crippen molar-refractivity contribution in [3.63, 3.8) is 0 Å². The summed E-state index contributed by atoms with van der Waals surface area (Å²) in [6.07, 6.45) is 0.926. The van der Waals surface area contributed by atoms with Gasteiger partial charge in [0.1, 0.15) is 17.3 Å². The summed E-state index contributed by atoms with van der Waals surface area (Å²) in [5.74, 6) is -3.12. The Morgan fingerprint density at radius 2 is 1.95 bits per heavy atom. The van der Waals surface area contributed by atoms with Crippen LogP contribution in [0.5, 0.6) is 0 Å². The predicted molar refractivity (Wildman–Crippen MR) is 63.5 cm³/mol. The molecule has 1 heterocycles. The SMILES string of the molecule is O=C(O)c1cc([N+](=O)[O-])cn1Cc1c(F)cccc1F. The van der Waals surface area contributed by atoms with Crippen molar-refractivity contribution in [1.82, 2.24) is 4.57 Å². The average Bonchev–Trinajstić information content (AvgIpc) is 2.78. The van der Waals surface area contributed by atoms with E-state index in [2.05, 4.69) is 0 Å². The smallest absolute Gasteiger partial charge is 0.352 e. The van der Waals surface area contributed by atoms with Crippen molar-refractivity contribution < 1.29 is 23.6 Å². The Morgan fingerprint density at radius 3 is 2.45 bits per heavy atom. The van der Waals surface area contributed by atoms with Crippen LogP contribution < -0.4 is 0 Å². The van der Waals surface area contributed by atoms with Gasteiger partial charge < -0.3 is 9.67 Å². The summed E-state index contributed by atoms with van der Waals surface area (Å²) >= 11 is 0. The molecule has 8 heteroatoms. The fourth-order valence-corrected chi connectivity index (χ4v) is 1.76. The van der Waals surface area contributed by atoms with E-state index in [1.54, 1.807) is 0 Å². The van der Waals surface area contributed by atoms with Gasteiger partial charge in [-0.15, -0.1) is 0 Å². The van der Waals surface area contributed by atoms with Gasteiger partial charge in [-0.25, -0.2) is 13.6 Å². The number of hydrogen-bond acceptors (Lipinski definition) is 3. The van der Waals surface area contributed by atoms with E-state index in [1.807, 2.05) is 0 Å². The second-order valence-electron chi connectivity index (χ2n) is 3.97. The fourth-order valence-electron chi connectivity index (χ4n) is 1.76. The van der Waals surface area contributed by atoms with Gasteiger partial charge in [0.15, 0.2) is 0 Å². The summed E-state index contributed by atoms with van der Waals surface area (Å²) in [4.78, 5) is 20.8. The van der Waals surface area contributed by atoms with Crippen molar-refractivity contribution in [2.45, 2.75) is 6.54 Å². The largest absolute Gasteiger partial charge is 0.477 e. The number of carbonyl (C=O) groups is 1. The van der Waals surface area contributed by atoms with Crippen LogP contribution in [0.25, 0.3) is 0 Å². The van der Waals surface area contributed by atoms with Crippen LogP contribution in [0.3, 0.4) is 0 Å². The van der Waals surface area contributed by atoms with Crippen LogP contribution in [0, 0.1) is 21.7 Å². The van der Waals surface area contributed by atoms with E-state index in [0.717, 1.165) is 29.0 Å². The van der Waals surface area contributed by atoms with Gasteiger partial charge in [-0.05, 0) is 12.1 Å². The average molecular weight is 282 g/mol. The van der Waals surface area contributed by atoms with Crippen LogP contribution in [-0.4, -0.2) is 20.6 Å². The van der Waals surface area contributed by atoms with Crippen LogP contribution in [0.1, 0.15) is 16.1 Å². The number of benzene rings is 1. The Hall–Kier alpha value is -2.77.